The molecule has 1 aromatic carbocycles. The molecule has 0 amide bonds. The molecule has 2 atom stereocenters. The summed E-state index contributed by atoms with van der Waals surface area (Å²) in [7, 11) is 0. The average Bonchev–Trinajstić information content (AvgIpc) is 2.34. The number of hydrogen-bond donors (Lipinski definition) is 1. The highest BCUT2D eigenvalue weighted by Crippen LogP contribution is 2.27. The molecule has 0 radical (unpaired) electrons. The second kappa shape index (κ2) is 7.73. The number of rotatable bonds is 7. The molecule has 0 saturated carbocycles. The van der Waals surface area contributed by atoms with Crippen LogP contribution >= 0.6 is 11.6 Å². The highest BCUT2D eigenvalue weighted by molar-refractivity contribution is 6.30. The summed E-state index contributed by atoms with van der Waals surface area (Å²) in [6, 6.07) is 8.84. The Morgan fingerprint density at radius 3 is 2.47 bits per heavy atom. The molecule has 17 heavy (non-hydrogen) atoms. The minimum atomic E-state index is 0.554. The standard InChI is InChI=1S/C15H24ClN/c1-4-10-17-15(6-3)14(5-2)12-8-7-9-13(16)11-12/h7-9,11,14-15,17H,4-6,10H2,1-3H3. The van der Waals surface area contributed by atoms with Gasteiger partial charge in [0.2, 0.25) is 0 Å². The van der Waals surface area contributed by atoms with Gasteiger partial charge in [0.25, 0.3) is 0 Å². The zero-order valence-corrected chi connectivity index (χ0v) is 11.9. The Labute approximate surface area is 111 Å². The van der Waals surface area contributed by atoms with Crippen molar-refractivity contribution in [1.29, 1.82) is 0 Å². The fourth-order valence-electron chi connectivity index (χ4n) is 2.39. The van der Waals surface area contributed by atoms with Crippen molar-refractivity contribution in [3.8, 4) is 0 Å². The highest BCUT2D eigenvalue weighted by Gasteiger charge is 2.19. The first-order valence-electron chi connectivity index (χ1n) is 6.71. The van der Waals surface area contributed by atoms with E-state index in [-0.39, 0.29) is 0 Å². The summed E-state index contributed by atoms with van der Waals surface area (Å²) in [5.74, 6) is 0.560. The van der Waals surface area contributed by atoms with Crippen molar-refractivity contribution in [3.05, 3.63) is 34.9 Å². The van der Waals surface area contributed by atoms with E-state index in [0.29, 0.717) is 12.0 Å². The normalized spacial score (nSPS) is 14.6. The molecule has 0 aliphatic rings. The molecular weight excluding hydrogens is 230 g/mol. The molecule has 1 rings (SSSR count). The van der Waals surface area contributed by atoms with Gasteiger partial charge in [-0.25, -0.2) is 0 Å². The van der Waals surface area contributed by atoms with E-state index < -0.39 is 0 Å². The molecule has 0 aliphatic heterocycles. The number of hydrogen-bond acceptors (Lipinski definition) is 1. The third kappa shape index (κ3) is 4.33. The van der Waals surface area contributed by atoms with Gasteiger partial charge < -0.3 is 5.32 Å². The predicted octanol–water partition coefficient (Wildman–Crippen LogP) is 4.61. The van der Waals surface area contributed by atoms with Crippen molar-refractivity contribution in [2.24, 2.45) is 0 Å². The lowest BCUT2D eigenvalue weighted by atomic mass is 9.87. The molecule has 0 heterocycles. The lowest BCUT2D eigenvalue weighted by Crippen LogP contribution is -2.34. The molecule has 0 fully saturated rings. The second-order valence-corrected chi connectivity index (χ2v) is 4.98. The van der Waals surface area contributed by atoms with Crippen LogP contribution in [0.3, 0.4) is 0 Å². The lowest BCUT2D eigenvalue weighted by molar-refractivity contribution is 0.411. The Morgan fingerprint density at radius 2 is 1.94 bits per heavy atom. The first kappa shape index (κ1) is 14.5. The number of halogens is 1. The van der Waals surface area contributed by atoms with Crippen LogP contribution in [-0.2, 0) is 0 Å². The molecule has 0 aromatic heterocycles. The largest absolute Gasteiger partial charge is 0.313 e. The van der Waals surface area contributed by atoms with Crippen LogP contribution in [0.4, 0.5) is 0 Å². The van der Waals surface area contributed by atoms with Crippen LogP contribution in [0.15, 0.2) is 24.3 Å². The van der Waals surface area contributed by atoms with Crippen molar-refractivity contribution >= 4 is 11.6 Å². The zero-order valence-electron chi connectivity index (χ0n) is 11.2. The van der Waals surface area contributed by atoms with Crippen molar-refractivity contribution in [1.82, 2.24) is 5.32 Å². The fraction of sp³-hybridized carbons (Fsp3) is 0.600. The highest BCUT2D eigenvalue weighted by atomic mass is 35.5. The third-order valence-corrected chi connectivity index (χ3v) is 3.53. The molecule has 2 unspecified atom stereocenters. The monoisotopic (exact) mass is 253 g/mol. The van der Waals surface area contributed by atoms with Gasteiger partial charge in [-0.3, -0.25) is 0 Å². The number of nitrogens with one attached hydrogen (secondary N) is 1. The minimum absolute atomic E-state index is 0.554. The van der Waals surface area contributed by atoms with Gasteiger partial charge in [0.05, 0.1) is 0 Å². The Kier molecular flexibility index (Phi) is 6.61. The number of benzene rings is 1. The Bertz CT molecular complexity index is 324. The summed E-state index contributed by atoms with van der Waals surface area (Å²) in [5.41, 5.74) is 1.36. The van der Waals surface area contributed by atoms with Gasteiger partial charge in [-0.2, -0.15) is 0 Å². The average molecular weight is 254 g/mol. The van der Waals surface area contributed by atoms with Gasteiger partial charge in [0.15, 0.2) is 0 Å². The summed E-state index contributed by atoms with van der Waals surface area (Å²) in [6.07, 6.45) is 3.49. The fourth-order valence-corrected chi connectivity index (χ4v) is 2.59. The predicted molar refractivity (Wildman–Crippen MR) is 76.9 cm³/mol. The molecule has 1 N–H and O–H groups in total. The van der Waals surface area contributed by atoms with E-state index in [2.05, 4.69) is 38.2 Å². The zero-order chi connectivity index (χ0) is 12.7. The van der Waals surface area contributed by atoms with Gasteiger partial charge in [0.1, 0.15) is 0 Å². The Balaban J connectivity index is 2.81. The first-order valence-corrected chi connectivity index (χ1v) is 7.09. The maximum atomic E-state index is 6.08. The quantitative estimate of drug-likeness (QED) is 0.748. The summed E-state index contributed by atoms with van der Waals surface area (Å²) in [4.78, 5) is 0. The molecule has 0 aliphatic carbocycles. The van der Waals surface area contributed by atoms with E-state index in [9.17, 15) is 0 Å². The molecule has 1 aromatic rings. The lowest BCUT2D eigenvalue weighted by Gasteiger charge is -2.27. The smallest absolute Gasteiger partial charge is 0.0408 e. The molecule has 0 spiro atoms. The maximum absolute atomic E-state index is 6.08. The summed E-state index contributed by atoms with van der Waals surface area (Å²) in [6.45, 7) is 7.80. The van der Waals surface area contributed by atoms with Crippen LogP contribution in [0.25, 0.3) is 0 Å². The molecule has 1 nitrogen and oxygen atoms in total. The summed E-state index contributed by atoms with van der Waals surface area (Å²) >= 11 is 6.08. The van der Waals surface area contributed by atoms with Crippen LogP contribution in [-0.4, -0.2) is 12.6 Å². The minimum Gasteiger partial charge on any atom is -0.313 e. The van der Waals surface area contributed by atoms with Crippen LogP contribution in [0.1, 0.15) is 51.5 Å². The summed E-state index contributed by atoms with van der Waals surface area (Å²) in [5, 5.41) is 4.48. The van der Waals surface area contributed by atoms with Crippen LogP contribution in [0.5, 0.6) is 0 Å². The van der Waals surface area contributed by atoms with Crippen LogP contribution in [0.2, 0.25) is 5.02 Å². The van der Waals surface area contributed by atoms with Gasteiger partial charge in [-0.05, 0) is 49.4 Å². The van der Waals surface area contributed by atoms with Crippen LogP contribution in [0, 0.1) is 0 Å². The third-order valence-electron chi connectivity index (χ3n) is 3.30. The van der Waals surface area contributed by atoms with Crippen molar-refractivity contribution in [2.75, 3.05) is 6.54 Å². The van der Waals surface area contributed by atoms with E-state index in [1.807, 2.05) is 12.1 Å². The summed E-state index contributed by atoms with van der Waals surface area (Å²) < 4.78 is 0. The van der Waals surface area contributed by atoms with Crippen molar-refractivity contribution < 1.29 is 0 Å². The van der Waals surface area contributed by atoms with E-state index in [1.165, 1.54) is 12.0 Å². The molecule has 96 valence electrons. The Hall–Kier alpha value is -0.530. The van der Waals surface area contributed by atoms with Gasteiger partial charge in [-0.1, -0.05) is 44.5 Å². The molecule has 0 saturated heterocycles. The first-order chi connectivity index (χ1) is 8.22. The molecule has 2 heteroatoms. The SMILES string of the molecule is CCCNC(CC)C(CC)c1cccc(Cl)c1. The second-order valence-electron chi connectivity index (χ2n) is 4.54. The molecular formula is C15H24ClN. The van der Waals surface area contributed by atoms with E-state index in [4.69, 9.17) is 11.6 Å². The van der Waals surface area contributed by atoms with Gasteiger partial charge in [-0.15, -0.1) is 0 Å². The van der Waals surface area contributed by atoms with E-state index in [0.717, 1.165) is 24.4 Å². The van der Waals surface area contributed by atoms with Gasteiger partial charge in [0, 0.05) is 11.1 Å². The topological polar surface area (TPSA) is 12.0 Å². The maximum Gasteiger partial charge on any atom is 0.0408 e. The van der Waals surface area contributed by atoms with E-state index >= 15 is 0 Å². The molecule has 0 bridgehead atoms. The van der Waals surface area contributed by atoms with Crippen molar-refractivity contribution in [2.45, 2.75) is 52.0 Å². The van der Waals surface area contributed by atoms with Gasteiger partial charge >= 0.3 is 0 Å². The van der Waals surface area contributed by atoms with E-state index in [1.54, 1.807) is 0 Å². The Morgan fingerprint density at radius 1 is 1.18 bits per heavy atom. The van der Waals surface area contributed by atoms with Crippen LogP contribution < -0.4 is 5.32 Å². The van der Waals surface area contributed by atoms with Crippen molar-refractivity contribution in [3.63, 3.8) is 0 Å².